The Hall–Kier alpha value is -1.19. The molecule has 0 bridgehead atoms. The summed E-state index contributed by atoms with van der Waals surface area (Å²) in [4.78, 5) is 9.62. The zero-order valence-electron chi connectivity index (χ0n) is 5.75. The molecule has 0 aliphatic heterocycles. The molecule has 0 aromatic heterocycles. The molecular formula is C7H3F2NOS. The molecule has 5 heteroatoms. The second kappa shape index (κ2) is 3.99. The molecule has 0 fully saturated rings. The van der Waals surface area contributed by atoms with Gasteiger partial charge in [0.15, 0.2) is 11.6 Å². The predicted molar refractivity (Wildman–Crippen MR) is 40.3 cm³/mol. The van der Waals surface area contributed by atoms with Gasteiger partial charge in [-0.1, -0.05) is 6.07 Å². The summed E-state index contributed by atoms with van der Waals surface area (Å²) in [6.45, 7) is 0. The molecule has 0 aliphatic carbocycles. The Bertz CT molecular complexity index is 336. The summed E-state index contributed by atoms with van der Waals surface area (Å²) in [6, 6.07) is 3.65. The second-order valence-electron chi connectivity index (χ2n) is 1.83. The van der Waals surface area contributed by atoms with E-state index in [1.165, 1.54) is 18.2 Å². The molecule has 1 aromatic carbocycles. The number of benzene rings is 1. The highest BCUT2D eigenvalue weighted by atomic mass is 32.2. The molecule has 0 unspecified atom stereocenters. The van der Waals surface area contributed by atoms with Crippen molar-refractivity contribution in [1.82, 2.24) is 0 Å². The third-order valence-electron chi connectivity index (χ3n) is 1.10. The maximum Gasteiger partial charge on any atom is 0.247 e. The van der Waals surface area contributed by atoms with Crippen LogP contribution in [0.3, 0.4) is 0 Å². The summed E-state index contributed by atoms with van der Waals surface area (Å²) in [5, 5.41) is 0. The van der Waals surface area contributed by atoms with Gasteiger partial charge in [-0.3, -0.25) is 0 Å². The van der Waals surface area contributed by atoms with E-state index >= 15 is 0 Å². The fraction of sp³-hybridized carbons (Fsp3) is 0. The van der Waals surface area contributed by atoms with E-state index in [1.54, 1.807) is 0 Å². The molecule has 0 heterocycles. The SMILES string of the molecule is O=C=NSc1cccc(F)c1F. The van der Waals surface area contributed by atoms with Gasteiger partial charge >= 0.3 is 0 Å². The van der Waals surface area contributed by atoms with E-state index < -0.39 is 11.6 Å². The molecule has 0 spiro atoms. The van der Waals surface area contributed by atoms with E-state index in [0.29, 0.717) is 11.9 Å². The average Bonchev–Trinajstić information content (AvgIpc) is 2.08. The van der Waals surface area contributed by atoms with E-state index in [-0.39, 0.29) is 4.90 Å². The minimum absolute atomic E-state index is 0.0293. The number of isocyanates is 1. The van der Waals surface area contributed by atoms with Crippen LogP contribution in [0.5, 0.6) is 0 Å². The highest BCUT2D eigenvalue weighted by Gasteiger charge is 2.06. The van der Waals surface area contributed by atoms with Crippen LogP contribution in [0.2, 0.25) is 0 Å². The minimum Gasteiger partial charge on any atom is -0.210 e. The smallest absolute Gasteiger partial charge is 0.210 e. The Morgan fingerprint density at radius 3 is 2.83 bits per heavy atom. The Balaban J connectivity index is 2.99. The predicted octanol–water partition coefficient (Wildman–Crippen LogP) is 2.31. The van der Waals surface area contributed by atoms with Crippen molar-refractivity contribution in [3.05, 3.63) is 29.8 Å². The normalized spacial score (nSPS) is 9.17. The van der Waals surface area contributed by atoms with Crippen LogP contribution < -0.4 is 0 Å². The maximum absolute atomic E-state index is 12.7. The Kier molecular flexibility index (Phi) is 2.96. The lowest BCUT2D eigenvalue weighted by Gasteiger charge is -1.96. The fourth-order valence-corrected chi connectivity index (χ4v) is 1.08. The van der Waals surface area contributed by atoms with E-state index in [9.17, 15) is 13.6 Å². The van der Waals surface area contributed by atoms with Crippen LogP contribution >= 0.6 is 11.9 Å². The molecule has 0 saturated heterocycles. The van der Waals surface area contributed by atoms with E-state index in [4.69, 9.17) is 0 Å². The Morgan fingerprint density at radius 1 is 1.42 bits per heavy atom. The van der Waals surface area contributed by atoms with Crippen LogP contribution in [-0.2, 0) is 4.79 Å². The van der Waals surface area contributed by atoms with Gasteiger partial charge < -0.3 is 0 Å². The average molecular weight is 187 g/mol. The van der Waals surface area contributed by atoms with Gasteiger partial charge in [-0.2, -0.15) is 0 Å². The summed E-state index contributed by atoms with van der Waals surface area (Å²) < 4.78 is 28.3. The monoisotopic (exact) mass is 187 g/mol. The minimum atomic E-state index is -0.999. The summed E-state index contributed by atoms with van der Waals surface area (Å²) >= 11 is 0.548. The number of nitrogens with zero attached hydrogens (tertiary/aromatic N) is 1. The molecule has 12 heavy (non-hydrogen) atoms. The zero-order valence-corrected chi connectivity index (χ0v) is 6.57. The Morgan fingerprint density at radius 2 is 2.17 bits per heavy atom. The van der Waals surface area contributed by atoms with Crippen LogP contribution in [0.25, 0.3) is 0 Å². The quantitative estimate of drug-likeness (QED) is 0.404. The molecule has 62 valence electrons. The van der Waals surface area contributed by atoms with Gasteiger partial charge in [-0.05, 0) is 12.1 Å². The molecule has 0 amide bonds. The molecule has 0 radical (unpaired) electrons. The molecule has 1 aromatic rings. The van der Waals surface area contributed by atoms with Crippen molar-refractivity contribution in [2.75, 3.05) is 0 Å². The van der Waals surface area contributed by atoms with E-state index in [0.717, 1.165) is 6.07 Å². The highest BCUT2D eigenvalue weighted by molar-refractivity contribution is 7.98. The van der Waals surface area contributed by atoms with Crippen LogP contribution in [0.15, 0.2) is 27.5 Å². The van der Waals surface area contributed by atoms with Crippen molar-refractivity contribution in [2.24, 2.45) is 4.40 Å². The van der Waals surface area contributed by atoms with Gasteiger partial charge in [-0.25, -0.2) is 13.6 Å². The van der Waals surface area contributed by atoms with Crippen molar-refractivity contribution < 1.29 is 13.6 Å². The maximum atomic E-state index is 12.7. The van der Waals surface area contributed by atoms with E-state index in [2.05, 4.69) is 4.40 Å². The molecule has 2 nitrogen and oxygen atoms in total. The van der Waals surface area contributed by atoms with Gasteiger partial charge in [0.05, 0.1) is 4.90 Å². The number of hydrogen-bond donors (Lipinski definition) is 0. The van der Waals surface area contributed by atoms with Crippen LogP contribution in [0.4, 0.5) is 8.78 Å². The van der Waals surface area contributed by atoms with Crippen molar-refractivity contribution in [3.63, 3.8) is 0 Å². The number of rotatable bonds is 2. The van der Waals surface area contributed by atoms with Gasteiger partial charge in [0.1, 0.15) is 0 Å². The first-order chi connectivity index (χ1) is 5.75. The summed E-state index contributed by atoms with van der Waals surface area (Å²) in [6.07, 6.45) is 1.21. The standard InChI is InChI=1S/C7H3F2NOS/c8-5-2-1-3-6(7(5)9)12-10-4-11/h1-3H. The van der Waals surface area contributed by atoms with Crippen LogP contribution in [0, 0.1) is 11.6 Å². The van der Waals surface area contributed by atoms with Crippen LogP contribution in [0.1, 0.15) is 0 Å². The summed E-state index contributed by atoms with van der Waals surface area (Å²) in [7, 11) is 0. The van der Waals surface area contributed by atoms with Crippen molar-refractivity contribution in [2.45, 2.75) is 4.90 Å². The van der Waals surface area contributed by atoms with Crippen LogP contribution in [-0.4, -0.2) is 6.08 Å². The molecular weight excluding hydrogens is 184 g/mol. The topological polar surface area (TPSA) is 29.4 Å². The number of halogens is 2. The second-order valence-corrected chi connectivity index (χ2v) is 2.63. The van der Waals surface area contributed by atoms with Gasteiger partial charge in [0, 0.05) is 11.9 Å². The summed E-state index contributed by atoms with van der Waals surface area (Å²) in [5.74, 6) is -1.96. The lowest BCUT2D eigenvalue weighted by molar-refractivity contribution is 0.491. The van der Waals surface area contributed by atoms with Gasteiger partial charge in [0.2, 0.25) is 6.08 Å². The Labute approximate surface area is 71.4 Å². The van der Waals surface area contributed by atoms with Gasteiger partial charge in [-0.15, -0.1) is 4.40 Å². The molecule has 0 aliphatic rings. The number of carbonyl (C=O) groups excluding carboxylic acids is 1. The highest BCUT2D eigenvalue weighted by Crippen LogP contribution is 2.23. The third kappa shape index (κ3) is 1.90. The van der Waals surface area contributed by atoms with Crippen molar-refractivity contribution in [1.29, 1.82) is 0 Å². The first-order valence-corrected chi connectivity index (χ1v) is 3.71. The zero-order chi connectivity index (χ0) is 8.97. The first-order valence-electron chi connectivity index (χ1n) is 2.94. The first kappa shape index (κ1) is 8.90. The molecule has 1 rings (SSSR count). The van der Waals surface area contributed by atoms with Crippen molar-refractivity contribution in [3.8, 4) is 0 Å². The molecule has 0 atom stereocenters. The summed E-state index contributed by atoms with van der Waals surface area (Å²) in [5.41, 5.74) is 0. The molecule has 0 N–H and O–H groups in total. The lowest BCUT2D eigenvalue weighted by atomic mass is 10.3. The van der Waals surface area contributed by atoms with Gasteiger partial charge in [0.25, 0.3) is 0 Å². The largest absolute Gasteiger partial charge is 0.247 e. The number of hydrogen-bond acceptors (Lipinski definition) is 3. The van der Waals surface area contributed by atoms with Crippen molar-refractivity contribution >= 4 is 18.0 Å². The van der Waals surface area contributed by atoms with E-state index in [1.807, 2.05) is 0 Å². The third-order valence-corrected chi connectivity index (χ3v) is 1.78. The lowest BCUT2D eigenvalue weighted by Crippen LogP contribution is -1.84. The fourth-order valence-electron chi connectivity index (χ4n) is 0.622. The molecule has 0 saturated carbocycles.